The molecule has 8 heteroatoms. The van der Waals surface area contributed by atoms with E-state index in [0.29, 0.717) is 28.2 Å². The molecule has 6 nitrogen and oxygen atoms in total. The average molecular weight is 306 g/mol. The summed E-state index contributed by atoms with van der Waals surface area (Å²) in [5, 5.41) is 6.30. The number of anilines is 2. The van der Waals surface area contributed by atoms with Crippen LogP contribution in [-0.4, -0.2) is 24.5 Å². The summed E-state index contributed by atoms with van der Waals surface area (Å²) in [7, 11) is 1.59. The van der Waals surface area contributed by atoms with Gasteiger partial charge in [-0.25, -0.2) is 10.8 Å². The van der Waals surface area contributed by atoms with Gasteiger partial charge in [-0.3, -0.25) is 4.79 Å². The topological polar surface area (TPSA) is 92.1 Å². The number of nitrogens with two attached hydrogens (primary N) is 1. The Kier molecular flexibility index (Phi) is 5.22. The second kappa shape index (κ2) is 6.27. The number of nitrogens with zero attached hydrogens (tertiary/aromatic N) is 1. The number of hydrogen-bond acceptors (Lipinski definition) is 5. The van der Waals surface area contributed by atoms with Crippen LogP contribution in [0, 0.1) is 5.41 Å². The predicted molar refractivity (Wildman–Crippen MR) is 78.4 cm³/mol. The zero-order valence-corrected chi connectivity index (χ0v) is 12.5. The third-order valence-corrected chi connectivity index (χ3v) is 3.18. The molecule has 0 aliphatic heterocycles. The van der Waals surface area contributed by atoms with Gasteiger partial charge in [-0.05, 0) is 19.9 Å². The van der Waals surface area contributed by atoms with Crippen molar-refractivity contribution >= 4 is 40.7 Å². The van der Waals surface area contributed by atoms with E-state index in [4.69, 9.17) is 29.0 Å². The maximum atomic E-state index is 11.7. The molecule has 0 radical (unpaired) electrons. The summed E-state index contributed by atoms with van der Waals surface area (Å²) in [6.07, 6.45) is 0. The lowest BCUT2D eigenvalue weighted by atomic mass is 9.92. The number of carbonyl (C=O) groups is 1. The van der Waals surface area contributed by atoms with Crippen LogP contribution < -0.4 is 21.9 Å². The summed E-state index contributed by atoms with van der Waals surface area (Å²) in [5.41, 5.74) is 1.77. The standard InChI is InChI=1S/C11H17Cl2N5O/c1-11(2,10(19)15-3)5-16-8-6(12)4-7(13)9(17-8)18-14/h4H,5,14H2,1-3H3,(H,15,19)(H2,16,17,18). The van der Waals surface area contributed by atoms with Gasteiger partial charge in [0.1, 0.15) is 5.82 Å². The molecule has 1 amide bonds. The lowest BCUT2D eigenvalue weighted by Crippen LogP contribution is -2.39. The lowest BCUT2D eigenvalue weighted by molar-refractivity contribution is -0.128. The highest BCUT2D eigenvalue weighted by Gasteiger charge is 2.26. The Labute approximate surface area is 122 Å². The molecule has 1 aromatic rings. The van der Waals surface area contributed by atoms with Crippen molar-refractivity contribution < 1.29 is 4.79 Å². The molecule has 0 atom stereocenters. The molecule has 0 bridgehead atoms. The van der Waals surface area contributed by atoms with Gasteiger partial charge in [0.05, 0.1) is 15.5 Å². The van der Waals surface area contributed by atoms with E-state index in [-0.39, 0.29) is 5.91 Å². The van der Waals surface area contributed by atoms with E-state index < -0.39 is 5.41 Å². The molecule has 1 rings (SSSR count). The van der Waals surface area contributed by atoms with Gasteiger partial charge in [-0.2, -0.15) is 0 Å². The summed E-state index contributed by atoms with van der Waals surface area (Å²) in [6, 6.07) is 1.53. The maximum Gasteiger partial charge on any atom is 0.227 e. The van der Waals surface area contributed by atoms with Gasteiger partial charge in [0.2, 0.25) is 5.91 Å². The molecule has 0 aromatic carbocycles. The van der Waals surface area contributed by atoms with Gasteiger partial charge >= 0.3 is 0 Å². The first-order valence-electron chi connectivity index (χ1n) is 5.60. The van der Waals surface area contributed by atoms with E-state index in [0.717, 1.165) is 0 Å². The van der Waals surface area contributed by atoms with E-state index in [2.05, 4.69) is 21.0 Å². The molecule has 5 N–H and O–H groups in total. The van der Waals surface area contributed by atoms with Gasteiger partial charge in [0, 0.05) is 13.6 Å². The minimum absolute atomic E-state index is 0.0812. The smallest absolute Gasteiger partial charge is 0.227 e. The number of carbonyl (C=O) groups excluding carboxylic acids is 1. The van der Waals surface area contributed by atoms with Crippen LogP contribution in [0.5, 0.6) is 0 Å². The fraction of sp³-hybridized carbons (Fsp3) is 0.455. The minimum Gasteiger partial charge on any atom is -0.368 e. The molecule has 0 aliphatic rings. The minimum atomic E-state index is -0.601. The molecule has 1 aromatic heterocycles. The largest absolute Gasteiger partial charge is 0.368 e. The van der Waals surface area contributed by atoms with Crippen LogP contribution in [0.4, 0.5) is 11.6 Å². The molecule has 0 aliphatic carbocycles. The molecule has 0 saturated heterocycles. The van der Waals surface area contributed by atoms with E-state index >= 15 is 0 Å². The second-order valence-corrected chi connectivity index (χ2v) is 5.42. The highest BCUT2D eigenvalue weighted by molar-refractivity contribution is 6.37. The number of amides is 1. The Morgan fingerprint density at radius 2 is 1.95 bits per heavy atom. The zero-order chi connectivity index (χ0) is 14.6. The van der Waals surface area contributed by atoms with E-state index in [1.54, 1.807) is 7.05 Å². The Morgan fingerprint density at radius 3 is 2.47 bits per heavy atom. The molecule has 0 spiro atoms. The molecule has 0 fully saturated rings. The third-order valence-electron chi connectivity index (χ3n) is 2.61. The lowest BCUT2D eigenvalue weighted by Gasteiger charge is -2.23. The van der Waals surface area contributed by atoms with Gasteiger partial charge in [-0.1, -0.05) is 23.2 Å². The van der Waals surface area contributed by atoms with Crippen LogP contribution in [-0.2, 0) is 4.79 Å². The van der Waals surface area contributed by atoms with Crippen molar-refractivity contribution in [1.29, 1.82) is 0 Å². The number of halogens is 2. The number of rotatable bonds is 5. The van der Waals surface area contributed by atoms with Crippen molar-refractivity contribution in [2.75, 3.05) is 24.3 Å². The fourth-order valence-corrected chi connectivity index (χ4v) is 1.90. The summed E-state index contributed by atoms with van der Waals surface area (Å²) >= 11 is 11.9. The van der Waals surface area contributed by atoms with Crippen molar-refractivity contribution in [3.8, 4) is 0 Å². The molecular formula is C11H17Cl2N5O. The van der Waals surface area contributed by atoms with Crippen LogP contribution in [0.25, 0.3) is 0 Å². The number of aromatic nitrogens is 1. The Morgan fingerprint density at radius 1 is 1.37 bits per heavy atom. The Bertz CT molecular complexity index is 478. The molecular weight excluding hydrogens is 289 g/mol. The molecule has 0 saturated carbocycles. The Hall–Kier alpha value is -1.24. The summed E-state index contributed by atoms with van der Waals surface area (Å²) in [6.45, 7) is 3.99. The number of hydrogen-bond donors (Lipinski definition) is 4. The summed E-state index contributed by atoms with van der Waals surface area (Å²) < 4.78 is 0. The highest BCUT2D eigenvalue weighted by atomic mass is 35.5. The number of hydrazine groups is 1. The van der Waals surface area contributed by atoms with Crippen LogP contribution >= 0.6 is 23.2 Å². The van der Waals surface area contributed by atoms with Crippen molar-refractivity contribution in [2.45, 2.75) is 13.8 Å². The summed E-state index contributed by atoms with van der Waals surface area (Å²) in [4.78, 5) is 15.8. The molecule has 106 valence electrons. The van der Waals surface area contributed by atoms with Crippen LogP contribution in [0.2, 0.25) is 10.0 Å². The SMILES string of the molecule is CNC(=O)C(C)(C)CNc1nc(NN)c(Cl)cc1Cl. The van der Waals surface area contributed by atoms with Crippen molar-refractivity contribution in [3.05, 3.63) is 16.1 Å². The number of nitrogen functional groups attached to an aromatic ring is 1. The van der Waals surface area contributed by atoms with E-state index in [9.17, 15) is 4.79 Å². The monoisotopic (exact) mass is 305 g/mol. The average Bonchev–Trinajstić information content (AvgIpc) is 2.36. The molecule has 0 unspecified atom stereocenters. The first kappa shape index (κ1) is 15.8. The van der Waals surface area contributed by atoms with Crippen LogP contribution in [0.15, 0.2) is 6.07 Å². The van der Waals surface area contributed by atoms with Gasteiger partial charge in [0.25, 0.3) is 0 Å². The third kappa shape index (κ3) is 3.86. The highest BCUT2D eigenvalue weighted by Crippen LogP contribution is 2.29. The first-order valence-corrected chi connectivity index (χ1v) is 6.36. The quantitative estimate of drug-likeness (QED) is 0.492. The zero-order valence-electron chi connectivity index (χ0n) is 11.0. The van der Waals surface area contributed by atoms with Crippen LogP contribution in [0.1, 0.15) is 13.8 Å². The number of pyridine rings is 1. The molecule has 1 heterocycles. The van der Waals surface area contributed by atoms with E-state index in [1.807, 2.05) is 13.8 Å². The van der Waals surface area contributed by atoms with Crippen molar-refractivity contribution in [2.24, 2.45) is 11.3 Å². The Balaban J connectivity index is 2.86. The van der Waals surface area contributed by atoms with Gasteiger partial charge in [-0.15, -0.1) is 0 Å². The van der Waals surface area contributed by atoms with Gasteiger partial charge in [0.15, 0.2) is 5.82 Å². The summed E-state index contributed by atoms with van der Waals surface area (Å²) in [5.74, 6) is 5.93. The van der Waals surface area contributed by atoms with Gasteiger partial charge < -0.3 is 16.1 Å². The van der Waals surface area contributed by atoms with Crippen LogP contribution in [0.3, 0.4) is 0 Å². The molecule has 19 heavy (non-hydrogen) atoms. The van der Waals surface area contributed by atoms with E-state index in [1.165, 1.54) is 6.07 Å². The normalized spacial score (nSPS) is 11.1. The predicted octanol–water partition coefficient (Wildman–Crippen LogP) is 1.86. The van der Waals surface area contributed by atoms with Crippen molar-refractivity contribution in [1.82, 2.24) is 10.3 Å². The number of nitrogens with one attached hydrogen (secondary N) is 3. The second-order valence-electron chi connectivity index (χ2n) is 4.61. The van der Waals surface area contributed by atoms with Crippen molar-refractivity contribution in [3.63, 3.8) is 0 Å². The fourth-order valence-electron chi connectivity index (χ4n) is 1.42. The maximum absolute atomic E-state index is 11.7. The first-order chi connectivity index (χ1) is 8.81.